The third-order valence-electron chi connectivity index (χ3n) is 5.71. The molecule has 1 atom stereocenters. The van der Waals surface area contributed by atoms with E-state index in [2.05, 4.69) is 10.3 Å². The standard InChI is InChI=1S/C22H22N4O2/c1-13-7-8-15(11-14(13)2)23-20(27)12-19-21(28)25(16-9-10-16)22-24-17-5-3-4-6-18(17)26(19)22/h3-8,11,16,19H,9-10,12H2,1-2H3,(H,23,27). The third-order valence-corrected chi connectivity index (χ3v) is 5.71. The van der Waals surface area contributed by atoms with E-state index in [0.29, 0.717) is 5.95 Å². The van der Waals surface area contributed by atoms with Gasteiger partial charge in [-0.1, -0.05) is 18.2 Å². The highest BCUT2D eigenvalue weighted by molar-refractivity contribution is 6.05. The summed E-state index contributed by atoms with van der Waals surface area (Å²) in [6.45, 7) is 4.05. The van der Waals surface area contributed by atoms with Gasteiger partial charge in [0.05, 0.1) is 17.5 Å². The number of carbonyl (C=O) groups excluding carboxylic acids is 2. The fourth-order valence-electron chi connectivity index (χ4n) is 3.94. The highest BCUT2D eigenvalue weighted by Gasteiger charge is 2.47. The molecule has 2 aliphatic rings. The third kappa shape index (κ3) is 2.68. The lowest BCUT2D eigenvalue weighted by molar-refractivity contribution is -0.124. The van der Waals surface area contributed by atoms with Crippen molar-refractivity contribution in [2.45, 2.75) is 45.2 Å². The molecule has 5 rings (SSSR count). The highest BCUT2D eigenvalue weighted by atomic mass is 16.2. The van der Waals surface area contributed by atoms with Crippen molar-refractivity contribution in [2.24, 2.45) is 0 Å². The van der Waals surface area contributed by atoms with Gasteiger partial charge in [0, 0.05) is 11.7 Å². The number of aromatic nitrogens is 2. The monoisotopic (exact) mass is 374 g/mol. The lowest BCUT2D eigenvalue weighted by atomic mass is 10.1. The van der Waals surface area contributed by atoms with Gasteiger partial charge in [-0.15, -0.1) is 0 Å². The van der Waals surface area contributed by atoms with Crippen molar-refractivity contribution in [2.75, 3.05) is 10.2 Å². The van der Waals surface area contributed by atoms with Crippen molar-refractivity contribution in [3.05, 3.63) is 53.6 Å². The van der Waals surface area contributed by atoms with E-state index >= 15 is 0 Å². The number of nitrogens with zero attached hydrogens (tertiary/aromatic N) is 3. The number of para-hydroxylation sites is 2. The van der Waals surface area contributed by atoms with Gasteiger partial charge in [-0.05, 0) is 62.1 Å². The summed E-state index contributed by atoms with van der Waals surface area (Å²) in [6, 6.07) is 13.3. The molecule has 3 aromatic rings. The summed E-state index contributed by atoms with van der Waals surface area (Å²) in [4.78, 5) is 32.4. The number of carbonyl (C=O) groups is 2. The first-order chi connectivity index (χ1) is 13.5. The topological polar surface area (TPSA) is 67.2 Å². The van der Waals surface area contributed by atoms with Gasteiger partial charge in [-0.25, -0.2) is 4.98 Å². The number of hydrogen-bond donors (Lipinski definition) is 1. The second-order valence-electron chi connectivity index (χ2n) is 7.78. The zero-order chi connectivity index (χ0) is 19.4. The lowest BCUT2D eigenvalue weighted by Gasteiger charge is -2.15. The van der Waals surface area contributed by atoms with Gasteiger partial charge in [0.15, 0.2) is 0 Å². The second kappa shape index (κ2) is 6.19. The maximum absolute atomic E-state index is 13.1. The van der Waals surface area contributed by atoms with Crippen molar-refractivity contribution in [1.82, 2.24) is 9.55 Å². The molecule has 28 heavy (non-hydrogen) atoms. The highest BCUT2D eigenvalue weighted by Crippen LogP contribution is 2.42. The molecule has 1 unspecified atom stereocenters. The fourth-order valence-corrected chi connectivity index (χ4v) is 3.94. The van der Waals surface area contributed by atoms with Crippen LogP contribution in [0.1, 0.15) is 36.4 Å². The van der Waals surface area contributed by atoms with Crippen LogP contribution in [0.4, 0.5) is 11.6 Å². The lowest BCUT2D eigenvalue weighted by Crippen LogP contribution is -2.33. The Hall–Kier alpha value is -3.15. The van der Waals surface area contributed by atoms with Crippen LogP contribution in [-0.2, 0) is 9.59 Å². The number of fused-ring (bicyclic) bond motifs is 3. The maximum atomic E-state index is 13.1. The number of anilines is 2. The van der Waals surface area contributed by atoms with Crippen LogP contribution in [0.5, 0.6) is 0 Å². The average Bonchev–Trinajstić information content (AvgIpc) is 3.37. The number of imidazole rings is 1. The van der Waals surface area contributed by atoms with Crippen LogP contribution >= 0.6 is 0 Å². The van der Waals surface area contributed by atoms with Gasteiger partial charge in [-0.3, -0.25) is 19.1 Å². The Morgan fingerprint density at radius 3 is 2.68 bits per heavy atom. The molecule has 2 heterocycles. The minimum Gasteiger partial charge on any atom is -0.326 e. The first kappa shape index (κ1) is 17.0. The number of rotatable bonds is 4. The normalized spacial score (nSPS) is 18.6. The van der Waals surface area contributed by atoms with Gasteiger partial charge in [0.25, 0.3) is 5.91 Å². The van der Waals surface area contributed by atoms with Crippen LogP contribution < -0.4 is 10.2 Å². The molecule has 142 valence electrons. The zero-order valence-electron chi connectivity index (χ0n) is 16.0. The molecule has 6 nitrogen and oxygen atoms in total. The van der Waals surface area contributed by atoms with E-state index in [-0.39, 0.29) is 24.3 Å². The summed E-state index contributed by atoms with van der Waals surface area (Å²) in [5.41, 5.74) is 4.82. The van der Waals surface area contributed by atoms with Crippen molar-refractivity contribution in [3.63, 3.8) is 0 Å². The van der Waals surface area contributed by atoms with E-state index in [1.54, 1.807) is 4.90 Å². The number of nitrogens with one attached hydrogen (secondary N) is 1. The summed E-state index contributed by atoms with van der Waals surface area (Å²) >= 11 is 0. The Labute approximate surface area is 163 Å². The molecular weight excluding hydrogens is 352 g/mol. The van der Waals surface area contributed by atoms with Gasteiger partial charge in [0.1, 0.15) is 6.04 Å². The van der Waals surface area contributed by atoms with E-state index in [0.717, 1.165) is 35.1 Å². The molecule has 0 saturated heterocycles. The molecule has 1 fully saturated rings. The molecule has 2 aromatic carbocycles. The smallest absolute Gasteiger partial charge is 0.253 e. The van der Waals surface area contributed by atoms with Gasteiger partial charge in [0.2, 0.25) is 11.9 Å². The zero-order valence-corrected chi connectivity index (χ0v) is 16.0. The quantitative estimate of drug-likeness (QED) is 0.757. The molecular formula is C22H22N4O2. The Morgan fingerprint density at radius 2 is 1.93 bits per heavy atom. The van der Waals surface area contributed by atoms with Gasteiger partial charge < -0.3 is 5.32 Å². The van der Waals surface area contributed by atoms with Crippen molar-refractivity contribution >= 4 is 34.5 Å². The van der Waals surface area contributed by atoms with Crippen LogP contribution in [0.25, 0.3) is 11.0 Å². The molecule has 0 bridgehead atoms. The molecule has 1 aliphatic carbocycles. The molecule has 0 radical (unpaired) electrons. The predicted octanol–water partition coefficient (Wildman–Crippen LogP) is 3.73. The Kier molecular flexibility index (Phi) is 3.75. The summed E-state index contributed by atoms with van der Waals surface area (Å²) in [7, 11) is 0. The number of aryl methyl sites for hydroxylation is 2. The minimum absolute atomic E-state index is 0.0222. The molecule has 1 aliphatic heterocycles. The summed E-state index contributed by atoms with van der Waals surface area (Å²) in [6.07, 6.45) is 2.09. The Bertz CT molecular complexity index is 1110. The van der Waals surface area contributed by atoms with E-state index in [1.165, 1.54) is 5.56 Å². The van der Waals surface area contributed by atoms with Crippen molar-refractivity contribution < 1.29 is 9.59 Å². The molecule has 1 saturated carbocycles. The Morgan fingerprint density at radius 1 is 1.14 bits per heavy atom. The first-order valence-corrected chi connectivity index (χ1v) is 9.70. The van der Waals surface area contributed by atoms with E-state index in [1.807, 2.05) is 60.9 Å². The fraction of sp³-hybridized carbons (Fsp3) is 0.318. The van der Waals surface area contributed by atoms with Gasteiger partial charge >= 0.3 is 0 Å². The molecule has 1 N–H and O–H groups in total. The van der Waals surface area contributed by atoms with Crippen LogP contribution in [-0.4, -0.2) is 27.4 Å². The minimum atomic E-state index is -0.547. The van der Waals surface area contributed by atoms with Crippen LogP contribution in [0.3, 0.4) is 0 Å². The number of benzene rings is 2. The van der Waals surface area contributed by atoms with Crippen molar-refractivity contribution in [1.29, 1.82) is 0 Å². The second-order valence-corrected chi connectivity index (χ2v) is 7.78. The number of hydrogen-bond acceptors (Lipinski definition) is 3. The molecule has 2 amide bonds. The van der Waals surface area contributed by atoms with Gasteiger partial charge in [-0.2, -0.15) is 0 Å². The Balaban J connectivity index is 1.45. The summed E-state index contributed by atoms with van der Waals surface area (Å²) in [5, 5.41) is 2.94. The van der Waals surface area contributed by atoms with Crippen molar-refractivity contribution in [3.8, 4) is 0 Å². The summed E-state index contributed by atoms with van der Waals surface area (Å²) < 4.78 is 1.94. The molecule has 0 spiro atoms. The SMILES string of the molecule is Cc1ccc(NC(=O)CC2C(=O)N(C3CC3)c3nc4ccccc4n32)cc1C. The average molecular weight is 374 g/mol. The maximum Gasteiger partial charge on any atom is 0.253 e. The van der Waals surface area contributed by atoms with Crippen LogP contribution in [0.2, 0.25) is 0 Å². The summed E-state index contributed by atoms with van der Waals surface area (Å²) in [5.74, 6) is 0.492. The van der Waals surface area contributed by atoms with E-state index in [9.17, 15) is 9.59 Å². The largest absolute Gasteiger partial charge is 0.326 e. The first-order valence-electron chi connectivity index (χ1n) is 9.70. The van der Waals surface area contributed by atoms with Crippen LogP contribution in [0.15, 0.2) is 42.5 Å². The molecule has 1 aromatic heterocycles. The molecule has 6 heteroatoms. The van der Waals surface area contributed by atoms with E-state index < -0.39 is 6.04 Å². The van der Waals surface area contributed by atoms with Crippen LogP contribution in [0, 0.1) is 13.8 Å². The predicted molar refractivity (Wildman–Crippen MR) is 108 cm³/mol. The number of amides is 2. The van der Waals surface area contributed by atoms with E-state index in [4.69, 9.17) is 0 Å².